The molecule has 0 spiro atoms. The fraction of sp³-hybridized carbons (Fsp3) is 0.429. The van der Waals surface area contributed by atoms with Crippen LogP contribution in [0.25, 0.3) is 11.4 Å². The van der Waals surface area contributed by atoms with Crippen LogP contribution in [0.2, 0.25) is 0 Å². The molecule has 2 rings (SSSR count). The summed E-state index contributed by atoms with van der Waals surface area (Å²) in [5.41, 5.74) is 0.989. The maximum atomic E-state index is 5.40. The molecule has 5 heteroatoms. The summed E-state index contributed by atoms with van der Waals surface area (Å²) in [7, 11) is 1.68. The molecule has 0 saturated carbocycles. The molecule has 0 radical (unpaired) electrons. The zero-order valence-corrected chi connectivity index (χ0v) is 12.4. The van der Waals surface area contributed by atoms with Crippen molar-refractivity contribution in [3.63, 3.8) is 0 Å². The molecule has 0 amide bonds. The monoisotopic (exact) mass is 277 g/mol. The summed E-state index contributed by atoms with van der Waals surface area (Å²) >= 11 is 1.75. The lowest BCUT2D eigenvalue weighted by molar-refractivity contribution is 0.416. The lowest BCUT2D eigenvalue weighted by Crippen LogP contribution is -2.01. The van der Waals surface area contributed by atoms with E-state index >= 15 is 0 Å². The van der Waals surface area contributed by atoms with E-state index < -0.39 is 0 Å². The first-order valence-corrected chi connectivity index (χ1v) is 7.49. The third kappa shape index (κ3) is 2.92. The molecular formula is C14H19N3OS. The minimum atomic E-state index is 0.830. The Bertz CT molecular complexity index is 539. The van der Waals surface area contributed by atoms with Gasteiger partial charge in [-0.3, -0.25) is 0 Å². The normalized spacial score (nSPS) is 10.7. The molecule has 0 atom stereocenters. The predicted octanol–water partition coefficient (Wildman–Crippen LogP) is 3.48. The molecule has 1 aromatic heterocycles. The van der Waals surface area contributed by atoms with Crippen LogP contribution in [0.1, 0.15) is 20.3 Å². The summed E-state index contributed by atoms with van der Waals surface area (Å²) in [4.78, 5) is 0. The maximum absolute atomic E-state index is 5.40. The summed E-state index contributed by atoms with van der Waals surface area (Å²) in [6.07, 6.45) is 1.13. The first-order valence-electron chi connectivity index (χ1n) is 6.51. The molecule has 19 heavy (non-hydrogen) atoms. The largest absolute Gasteiger partial charge is 0.496 e. The van der Waals surface area contributed by atoms with Gasteiger partial charge in [-0.2, -0.15) is 0 Å². The van der Waals surface area contributed by atoms with Crippen LogP contribution >= 0.6 is 11.8 Å². The van der Waals surface area contributed by atoms with Crippen molar-refractivity contribution in [3.8, 4) is 17.1 Å². The van der Waals surface area contributed by atoms with Gasteiger partial charge >= 0.3 is 0 Å². The first-order chi connectivity index (χ1) is 9.31. The number of aromatic nitrogens is 3. The number of ether oxygens (including phenoxy) is 1. The van der Waals surface area contributed by atoms with E-state index in [0.29, 0.717) is 0 Å². The van der Waals surface area contributed by atoms with Crippen LogP contribution < -0.4 is 4.74 Å². The van der Waals surface area contributed by atoms with E-state index in [-0.39, 0.29) is 0 Å². The Kier molecular flexibility index (Phi) is 4.85. The van der Waals surface area contributed by atoms with E-state index in [9.17, 15) is 0 Å². The van der Waals surface area contributed by atoms with Crippen molar-refractivity contribution >= 4 is 11.8 Å². The standard InChI is InChI=1S/C14H19N3OS/c1-4-10-19-14-16-15-13(17(14)5-2)11-8-6-7-9-12(11)18-3/h6-9H,4-5,10H2,1-3H3. The van der Waals surface area contributed by atoms with Crippen molar-refractivity contribution < 1.29 is 4.74 Å². The topological polar surface area (TPSA) is 39.9 Å². The molecule has 1 aromatic carbocycles. The highest BCUT2D eigenvalue weighted by atomic mass is 32.2. The van der Waals surface area contributed by atoms with Crippen LogP contribution in [0.4, 0.5) is 0 Å². The Morgan fingerprint density at radius 1 is 1.21 bits per heavy atom. The first kappa shape index (κ1) is 13.9. The quantitative estimate of drug-likeness (QED) is 0.758. The molecule has 0 aliphatic rings. The number of methoxy groups -OCH3 is 1. The van der Waals surface area contributed by atoms with Crippen molar-refractivity contribution in [2.75, 3.05) is 12.9 Å². The van der Waals surface area contributed by atoms with Gasteiger partial charge in [-0.05, 0) is 25.5 Å². The molecule has 0 fully saturated rings. The molecule has 2 aromatic rings. The lowest BCUT2D eigenvalue weighted by Gasteiger charge is -2.10. The minimum Gasteiger partial charge on any atom is -0.496 e. The van der Waals surface area contributed by atoms with Gasteiger partial charge in [0.25, 0.3) is 0 Å². The van der Waals surface area contributed by atoms with Crippen LogP contribution in [-0.4, -0.2) is 27.6 Å². The third-order valence-corrected chi connectivity index (χ3v) is 3.99. The second-order valence-electron chi connectivity index (χ2n) is 4.10. The second kappa shape index (κ2) is 6.61. The number of benzene rings is 1. The van der Waals surface area contributed by atoms with Gasteiger partial charge in [0.1, 0.15) is 5.75 Å². The van der Waals surface area contributed by atoms with Crippen molar-refractivity contribution in [1.29, 1.82) is 0 Å². The van der Waals surface area contributed by atoms with Gasteiger partial charge < -0.3 is 9.30 Å². The number of hydrogen-bond donors (Lipinski definition) is 0. The van der Waals surface area contributed by atoms with Crippen molar-refractivity contribution in [3.05, 3.63) is 24.3 Å². The Morgan fingerprint density at radius 2 is 2.00 bits per heavy atom. The highest BCUT2D eigenvalue weighted by Gasteiger charge is 2.15. The van der Waals surface area contributed by atoms with Crippen molar-refractivity contribution in [2.45, 2.75) is 32.0 Å². The van der Waals surface area contributed by atoms with E-state index in [1.54, 1.807) is 18.9 Å². The molecule has 102 valence electrons. The highest BCUT2D eigenvalue weighted by molar-refractivity contribution is 7.99. The Balaban J connectivity index is 2.41. The average Bonchev–Trinajstić information content (AvgIpc) is 2.87. The van der Waals surface area contributed by atoms with Gasteiger partial charge in [0.2, 0.25) is 0 Å². The molecule has 0 aliphatic heterocycles. The third-order valence-electron chi connectivity index (χ3n) is 2.82. The summed E-state index contributed by atoms with van der Waals surface area (Å²) in [6, 6.07) is 7.92. The van der Waals surface area contributed by atoms with Crippen LogP contribution in [0.15, 0.2) is 29.4 Å². The van der Waals surface area contributed by atoms with Crippen LogP contribution in [0.3, 0.4) is 0 Å². The minimum absolute atomic E-state index is 0.830. The zero-order valence-electron chi connectivity index (χ0n) is 11.6. The molecular weight excluding hydrogens is 258 g/mol. The summed E-state index contributed by atoms with van der Waals surface area (Å²) in [6.45, 7) is 5.13. The molecule has 4 nitrogen and oxygen atoms in total. The summed E-state index contributed by atoms with van der Waals surface area (Å²) < 4.78 is 7.54. The fourth-order valence-electron chi connectivity index (χ4n) is 1.90. The van der Waals surface area contributed by atoms with Gasteiger partial charge in [-0.1, -0.05) is 30.8 Å². The smallest absolute Gasteiger partial charge is 0.191 e. The Hall–Kier alpha value is -1.49. The predicted molar refractivity (Wildman–Crippen MR) is 78.7 cm³/mol. The molecule has 0 aliphatic carbocycles. The molecule has 0 bridgehead atoms. The highest BCUT2D eigenvalue weighted by Crippen LogP contribution is 2.30. The van der Waals surface area contributed by atoms with Gasteiger partial charge in [-0.15, -0.1) is 10.2 Å². The van der Waals surface area contributed by atoms with Crippen LogP contribution in [0, 0.1) is 0 Å². The van der Waals surface area contributed by atoms with Gasteiger partial charge in [0, 0.05) is 12.3 Å². The Labute approximate surface area is 118 Å². The molecule has 0 unspecified atom stereocenters. The van der Waals surface area contributed by atoms with Gasteiger partial charge in [0.15, 0.2) is 11.0 Å². The lowest BCUT2D eigenvalue weighted by atomic mass is 10.2. The number of rotatable bonds is 6. The van der Waals surface area contributed by atoms with Crippen LogP contribution in [0.5, 0.6) is 5.75 Å². The average molecular weight is 277 g/mol. The van der Waals surface area contributed by atoms with Crippen LogP contribution in [-0.2, 0) is 6.54 Å². The second-order valence-corrected chi connectivity index (χ2v) is 5.16. The summed E-state index contributed by atoms with van der Waals surface area (Å²) in [5.74, 6) is 2.76. The van der Waals surface area contributed by atoms with Gasteiger partial charge in [-0.25, -0.2) is 0 Å². The number of hydrogen-bond acceptors (Lipinski definition) is 4. The zero-order chi connectivity index (χ0) is 13.7. The van der Waals surface area contributed by atoms with Crippen molar-refractivity contribution in [1.82, 2.24) is 14.8 Å². The maximum Gasteiger partial charge on any atom is 0.191 e. The number of nitrogens with zero attached hydrogens (tertiary/aromatic N) is 3. The van der Waals surface area contributed by atoms with E-state index in [1.165, 1.54) is 0 Å². The van der Waals surface area contributed by atoms with E-state index in [2.05, 4.69) is 28.6 Å². The SMILES string of the molecule is CCCSc1nnc(-c2ccccc2OC)n1CC. The van der Waals surface area contributed by atoms with E-state index in [4.69, 9.17) is 4.74 Å². The fourth-order valence-corrected chi connectivity index (χ4v) is 2.76. The van der Waals surface area contributed by atoms with Crippen molar-refractivity contribution in [2.24, 2.45) is 0 Å². The molecule has 1 heterocycles. The number of thioether (sulfide) groups is 1. The Morgan fingerprint density at radius 3 is 2.68 bits per heavy atom. The number of para-hydroxylation sites is 1. The van der Waals surface area contributed by atoms with Gasteiger partial charge in [0.05, 0.1) is 12.7 Å². The molecule has 0 saturated heterocycles. The van der Waals surface area contributed by atoms with E-state index in [1.807, 2.05) is 24.3 Å². The summed E-state index contributed by atoms with van der Waals surface area (Å²) in [5, 5.41) is 9.60. The van der Waals surface area contributed by atoms with E-state index in [0.717, 1.165) is 41.0 Å². The molecule has 0 N–H and O–H groups in total.